The molecule has 0 radical (unpaired) electrons. The summed E-state index contributed by atoms with van der Waals surface area (Å²) in [7, 11) is 0. The molecule has 1 fully saturated rings. The summed E-state index contributed by atoms with van der Waals surface area (Å²) in [5.41, 5.74) is 2.41. The SMILES string of the molecule is CC1CC(OCc2ccccc2)CC(COCc2ccccc2)O1. The number of ether oxygens (including phenoxy) is 3. The Balaban J connectivity index is 1.43. The number of hydrogen-bond donors (Lipinski definition) is 0. The van der Waals surface area contributed by atoms with Crippen molar-refractivity contribution in [2.24, 2.45) is 0 Å². The minimum atomic E-state index is 0.109. The zero-order valence-corrected chi connectivity index (χ0v) is 14.3. The molecule has 1 heterocycles. The summed E-state index contributed by atoms with van der Waals surface area (Å²) < 4.78 is 17.9. The molecule has 0 saturated carbocycles. The number of rotatable bonds is 7. The van der Waals surface area contributed by atoms with Crippen molar-refractivity contribution >= 4 is 0 Å². The Morgan fingerprint density at radius 2 is 1.50 bits per heavy atom. The van der Waals surface area contributed by atoms with Crippen LogP contribution in [0.4, 0.5) is 0 Å². The highest BCUT2D eigenvalue weighted by molar-refractivity contribution is 5.14. The predicted molar refractivity (Wildman–Crippen MR) is 94.7 cm³/mol. The molecular formula is C21H26O3. The Hall–Kier alpha value is -1.68. The van der Waals surface area contributed by atoms with Crippen LogP contribution >= 0.6 is 0 Å². The lowest BCUT2D eigenvalue weighted by Gasteiger charge is -2.33. The molecule has 3 rings (SSSR count). The zero-order chi connectivity index (χ0) is 16.6. The average molecular weight is 326 g/mol. The van der Waals surface area contributed by atoms with Gasteiger partial charge in [0.2, 0.25) is 0 Å². The summed E-state index contributed by atoms with van der Waals surface area (Å²) in [6.45, 7) is 4.02. The second-order valence-corrected chi connectivity index (χ2v) is 6.46. The lowest BCUT2D eigenvalue weighted by molar-refractivity contribution is -0.134. The molecule has 3 heteroatoms. The molecule has 0 bridgehead atoms. The highest BCUT2D eigenvalue weighted by Crippen LogP contribution is 2.23. The molecule has 1 aliphatic heterocycles. The maximum Gasteiger partial charge on any atom is 0.0837 e. The molecule has 0 aromatic heterocycles. The van der Waals surface area contributed by atoms with Crippen LogP contribution in [0, 0.1) is 0 Å². The fraction of sp³-hybridized carbons (Fsp3) is 0.429. The Kier molecular flexibility index (Phi) is 6.41. The first-order valence-corrected chi connectivity index (χ1v) is 8.72. The fourth-order valence-electron chi connectivity index (χ4n) is 3.11. The molecule has 3 unspecified atom stereocenters. The first kappa shape index (κ1) is 17.2. The van der Waals surface area contributed by atoms with Crippen molar-refractivity contribution in [3.63, 3.8) is 0 Å². The van der Waals surface area contributed by atoms with Gasteiger partial charge in [0.15, 0.2) is 0 Å². The predicted octanol–water partition coefficient (Wildman–Crippen LogP) is 4.36. The highest BCUT2D eigenvalue weighted by atomic mass is 16.5. The maximum atomic E-state index is 6.10. The van der Waals surface area contributed by atoms with Crippen molar-refractivity contribution in [2.75, 3.05) is 6.61 Å². The minimum absolute atomic E-state index is 0.109. The first-order chi connectivity index (χ1) is 11.8. The van der Waals surface area contributed by atoms with E-state index in [2.05, 4.69) is 31.2 Å². The largest absolute Gasteiger partial charge is 0.374 e. The quantitative estimate of drug-likeness (QED) is 0.757. The molecule has 0 N–H and O–H groups in total. The van der Waals surface area contributed by atoms with Crippen molar-refractivity contribution in [3.8, 4) is 0 Å². The van der Waals surface area contributed by atoms with Crippen LogP contribution in [0.2, 0.25) is 0 Å². The molecular weight excluding hydrogens is 300 g/mol. The molecule has 1 saturated heterocycles. The van der Waals surface area contributed by atoms with E-state index in [1.165, 1.54) is 11.1 Å². The molecule has 0 spiro atoms. The lowest BCUT2D eigenvalue weighted by atomic mass is 10.0. The fourth-order valence-corrected chi connectivity index (χ4v) is 3.11. The van der Waals surface area contributed by atoms with Crippen LogP contribution in [0.15, 0.2) is 60.7 Å². The van der Waals surface area contributed by atoms with Crippen LogP contribution in [-0.4, -0.2) is 24.9 Å². The monoisotopic (exact) mass is 326 g/mol. The molecule has 0 aliphatic carbocycles. The molecule has 1 aliphatic rings. The lowest BCUT2D eigenvalue weighted by Crippen LogP contribution is -2.38. The van der Waals surface area contributed by atoms with E-state index in [1.54, 1.807) is 0 Å². The van der Waals surface area contributed by atoms with Crippen molar-refractivity contribution in [1.82, 2.24) is 0 Å². The van der Waals surface area contributed by atoms with Crippen molar-refractivity contribution in [3.05, 3.63) is 71.8 Å². The van der Waals surface area contributed by atoms with Gasteiger partial charge >= 0.3 is 0 Å². The molecule has 0 amide bonds. The summed E-state index contributed by atoms with van der Waals surface area (Å²) in [6, 6.07) is 20.6. The Morgan fingerprint density at radius 1 is 0.875 bits per heavy atom. The van der Waals surface area contributed by atoms with Crippen LogP contribution in [0.1, 0.15) is 30.9 Å². The van der Waals surface area contributed by atoms with Gasteiger partial charge in [0.05, 0.1) is 38.1 Å². The van der Waals surface area contributed by atoms with Crippen molar-refractivity contribution in [2.45, 2.75) is 51.3 Å². The molecule has 2 aromatic rings. The van der Waals surface area contributed by atoms with Crippen molar-refractivity contribution < 1.29 is 14.2 Å². The van der Waals surface area contributed by atoms with E-state index >= 15 is 0 Å². The third-order valence-corrected chi connectivity index (χ3v) is 4.29. The summed E-state index contributed by atoms with van der Waals surface area (Å²) in [5, 5.41) is 0. The molecule has 128 valence electrons. The topological polar surface area (TPSA) is 27.7 Å². The van der Waals surface area contributed by atoms with Crippen LogP contribution in [0.5, 0.6) is 0 Å². The molecule has 2 aromatic carbocycles. The van der Waals surface area contributed by atoms with Gasteiger partial charge in [0.25, 0.3) is 0 Å². The van der Waals surface area contributed by atoms with E-state index in [0.717, 1.165) is 12.8 Å². The van der Waals surface area contributed by atoms with Gasteiger partial charge in [-0.2, -0.15) is 0 Å². The van der Waals surface area contributed by atoms with Crippen LogP contribution in [-0.2, 0) is 27.4 Å². The smallest absolute Gasteiger partial charge is 0.0837 e. The Bertz CT molecular complexity index is 585. The van der Waals surface area contributed by atoms with E-state index in [4.69, 9.17) is 14.2 Å². The summed E-state index contributed by atoms with van der Waals surface area (Å²) in [5.74, 6) is 0. The Labute approximate surface area is 144 Å². The normalized spacial score (nSPS) is 24.0. The summed E-state index contributed by atoms with van der Waals surface area (Å²) >= 11 is 0. The van der Waals surface area contributed by atoms with Gasteiger partial charge in [0.1, 0.15) is 0 Å². The molecule has 3 atom stereocenters. The van der Waals surface area contributed by atoms with E-state index < -0.39 is 0 Å². The summed E-state index contributed by atoms with van der Waals surface area (Å²) in [4.78, 5) is 0. The third kappa shape index (κ3) is 5.45. The number of benzene rings is 2. The van der Waals surface area contributed by atoms with E-state index in [9.17, 15) is 0 Å². The van der Waals surface area contributed by atoms with Gasteiger partial charge < -0.3 is 14.2 Å². The molecule has 24 heavy (non-hydrogen) atoms. The van der Waals surface area contributed by atoms with Gasteiger partial charge in [0, 0.05) is 6.42 Å². The second-order valence-electron chi connectivity index (χ2n) is 6.46. The average Bonchev–Trinajstić information content (AvgIpc) is 2.61. The van der Waals surface area contributed by atoms with Gasteiger partial charge in [-0.15, -0.1) is 0 Å². The standard InChI is InChI=1S/C21H26O3/c1-17-12-20(23-15-19-10-6-3-7-11-19)13-21(24-17)16-22-14-18-8-4-2-5-9-18/h2-11,17,20-21H,12-16H2,1H3. The summed E-state index contributed by atoms with van der Waals surface area (Å²) in [6.07, 6.45) is 2.40. The minimum Gasteiger partial charge on any atom is -0.374 e. The third-order valence-electron chi connectivity index (χ3n) is 4.29. The van der Waals surface area contributed by atoms with Crippen LogP contribution < -0.4 is 0 Å². The maximum absolute atomic E-state index is 6.10. The zero-order valence-electron chi connectivity index (χ0n) is 14.3. The van der Waals surface area contributed by atoms with Gasteiger partial charge in [-0.25, -0.2) is 0 Å². The van der Waals surface area contributed by atoms with Crippen molar-refractivity contribution in [1.29, 1.82) is 0 Å². The van der Waals surface area contributed by atoms with Gasteiger partial charge in [-0.3, -0.25) is 0 Å². The van der Waals surface area contributed by atoms with Crippen LogP contribution in [0.25, 0.3) is 0 Å². The van der Waals surface area contributed by atoms with Crippen LogP contribution in [0.3, 0.4) is 0 Å². The van der Waals surface area contributed by atoms with Gasteiger partial charge in [-0.1, -0.05) is 60.7 Å². The first-order valence-electron chi connectivity index (χ1n) is 8.72. The van der Waals surface area contributed by atoms with E-state index in [0.29, 0.717) is 19.8 Å². The number of hydrogen-bond acceptors (Lipinski definition) is 3. The molecule has 3 nitrogen and oxygen atoms in total. The highest BCUT2D eigenvalue weighted by Gasteiger charge is 2.27. The Morgan fingerprint density at radius 3 is 2.17 bits per heavy atom. The van der Waals surface area contributed by atoms with E-state index in [-0.39, 0.29) is 18.3 Å². The van der Waals surface area contributed by atoms with Gasteiger partial charge in [-0.05, 0) is 24.5 Å². The van der Waals surface area contributed by atoms with E-state index in [1.807, 2.05) is 36.4 Å². The second kappa shape index (κ2) is 8.97.